The van der Waals surface area contributed by atoms with Gasteiger partial charge in [-0.05, 0) is 18.6 Å². The fourth-order valence-electron chi connectivity index (χ4n) is 1.59. The van der Waals surface area contributed by atoms with Crippen LogP contribution in [0.5, 0.6) is 0 Å². The van der Waals surface area contributed by atoms with Crippen LogP contribution in [-0.4, -0.2) is 25.6 Å². The van der Waals surface area contributed by atoms with Crippen LogP contribution in [0.4, 0.5) is 0 Å². The van der Waals surface area contributed by atoms with Gasteiger partial charge in [0.05, 0.1) is 0 Å². The average molecular weight is 220 g/mol. The summed E-state index contributed by atoms with van der Waals surface area (Å²) in [6.07, 6.45) is 2.19. The number of carbonyl (C=O) groups excluding carboxylic acids is 1. The molecule has 1 saturated heterocycles. The van der Waals surface area contributed by atoms with Crippen LogP contribution >= 0.6 is 11.8 Å². The predicted octanol–water partition coefficient (Wildman–Crippen LogP) is 1.96. The highest BCUT2D eigenvalue weighted by atomic mass is 32.2. The van der Waals surface area contributed by atoms with Crippen molar-refractivity contribution in [2.24, 2.45) is 0 Å². The highest BCUT2D eigenvalue weighted by molar-refractivity contribution is 8.14. The Balaban J connectivity index is 2.88. The first-order valence-electron chi connectivity index (χ1n) is 4.73. The molecule has 76 valence electrons. The fraction of sp³-hybridized carbons (Fsp3) is 0.889. The van der Waals surface area contributed by atoms with Crippen molar-refractivity contribution < 1.29 is 9.00 Å². The van der Waals surface area contributed by atoms with Crippen LogP contribution in [0.1, 0.15) is 33.1 Å². The lowest BCUT2D eigenvalue weighted by Gasteiger charge is -2.32. The van der Waals surface area contributed by atoms with E-state index in [1.165, 1.54) is 0 Å². The maximum atomic E-state index is 11.8. The molecule has 0 aromatic heterocycles. The molecule has 13 heavy (non-hydrogen) atoms. The van der Waals surface area contributed by atoms with E-state index in [1.807, 2.05) is 13.8 Å². The first-order chi connectivity index (χ1) is 6.17. The number of ketones is 1. The Hall–Kier alpha value is 0.170. The lowest BCUT2D eigenvalue weighted by molar-refractivity contribution is -0.119. The van der Waals surface area contributed by atoms with E-state index < -0.39 is 14.9 Å². The monoisotopic (exact) mass is 220 g/mol. The van der Waals surface area contributed by atoms with Crippen molar-refractivity contribution in [1.29, 1.82) is 0 Å². The fourth-order valence-corrected chi connectivity index (χ4v) is 5.39. The molecule has 0 radical (unpaired) electrons. The van der Waals surface area contributed by atoms with Crippen molar-refractivity contribution in [3.8, 4) is 0 Å². The van der Waals surface area contributed by atoms with Crippen LogP contribution in [0.15, 0.2) is 0 Å². The van der Waals surface area contributed by atoms with Crippen LogP contribution in [0, 0.1) is 0 Å². The van der Waals surface area contributed by atoms with Crippen molar-refractivity contribution in [1.82, 2.24) is 0 Å². The summed E-state index contributed by atoms with van der Waals surface area (Å²) in [6.45, 7) is 3.82. The molecule has 0 bridgehead atoms. The molecular weight excluding hydrogens is 204 g/mol. The van der Waals surface area contributed by atoms with E-state index in [1.54, 1.807) is 11.8 Å². The zero-order chi connectivity index (χ0) is 9.90. The summed E-state index contributed by atoms with van der Waals surface area (Å²) in [5.74, 6) is 1.84. The van der Waals surface area contributed by atoms with Crippen molar-refractivity contribution in [3.05, 3.63) is 0 Å². The number of thioether (sulfide) groups is 1. The van der Waals surface area contributed by atoms with Crippen molar-refractivity contribution in [2.75, 3.05) is 11.5 Å². The number of hydrogen-bond acceptors (Lipinski definition) is 3. The van der Waals surface area contributed by atoms with Crippen LogP contribution < -0.4 is 0 Å². The Morgan fingerprint density at radius 1 is 1.54 bits per heavy atom. The van der Waals surface area contributed by atoms with Gasteiger partial charge in [-0.2, -0.15) is 0 Å². The molecule has 1 rings (SSSR count). The van der Waals surface area contributed by atoms with Gasteiger partial charge in [0.2, 0.25) is 0 Å². The average Bonchev–Trinajstić information content (AvgIpc) is 2.18. The third-order valence-electron chi connectivity index (χ3n) is 2.39. The molecule has 2 nitrogen and oxygen atoms in total. The standard InChI is InChI=1S/C9H16O2S2/c1-3-8(10)9(4-2)12-6-5-7-13(9)11/h3-7H2,1-2H3/t9-,13?/m0/s1. The normalized spacial score (nSPS) is 34.5. The largest absolute Gasteiger partial charge is 0.297 e. The first kappa shape index (κ1) is 11.2. The summed E-state index contributed by atoms with van der Waals surface area (Å²) in [5, 5.41) is 0. The summed E-state index contributed by atoms with van der Waals surface area (Å²) in [4.78, 5) is 11.7. The van der Waals surface area contributed by atoms with E-state index in [9.17, 15) is 9.00 Å². The molecule has 0 aromatic rings. The van der Waals surface area contributed by atoms with Gasteiger partial charge in [0.1, 0.15) is 4.08 Å². The summed E-state index contributed by atoms with van der Waals surface area (Å²) < 4.78 is 11.3. The Kier molecular flexibility index (Phi) is 3.98. The van der Waals surface area contributed by atoms with Gasteiger partial charge in [-0.25, -0.2) is 0 Å². The van der Waals surface area contributed by atoms with Crippen LogP contribution in [0.25, 0.3) is 0 Å². The zero-order valence-electron chi connectivity index (χ0n) is 8.17. The first-order valence-corrected chi connectivity index (χ1v) is 7.03. The molecule has 0 amide bonds. The van der Waals surface area contributed by atoms with E-state index in [0.29, 0.717) is 18.6 Å². The van der Waals surface area contributed by atoms with Gasteiger partial charge in [0.15, 0.2) is 5.78 Å². The molecule has 1 aliphatic heterocycles. The Morgan fingerprint density at radius 2 is 2.23 bits per heavy atom. The molecule has 0 aliphatic carbocycles. The van der Waals surface area contributed by atoms with E-state index in [2.05, 4.69) is 0 Å². The minimum absolute atomic E-state index is 0.165. The third-order valence-corrected chi connectivity index (χ3v) is 6.69. The van der Waals surface area contributed by atoms with E-state index in [-0.39, 0.29) is 5.78 Å². The Labute approximate surface area is 86.3 Å². The lowest BCUT2D eigenvalue weighted by atomic mass is 10.2. The molecule has 0 spiro atoms. The second kappa shape index (κ2) is 4.60. The number of Topliss-reactive ketones (excluding diaryl/α,β-unsaturated/α-hetero) is 1. The summed E-state index contributed by atoms with van der Waals surface area (Å²) in [7, 11) is -0.953. The van der Waals surface area contributed by atoms with Crippen molar-refractivity contribution >= 4 is 28.3 Å². The van der Waals surface area contributed by atoms with Crippen molar-refractivity contribution in [3.63, 3.8) is 0 Å². The van der Waals surface area contributed by atoms with Gasteiger partial charge < -0.3 is 0 Å². The smallest absolute Gasteiger partial charge is 0.161 e. The topological polar surface area (TPSA) is 34.1 Å². The van der Waals surface area contributed by atoms with Gasteiger partial charge in [-0.3, -0.25) is 9.00 Å². The van der Waals surface area contributed by atoms with Crippen LogP contribution in [0.2, 0.25) is 0 Å². The van der Waals surface area contributed by atoms with Crippen molar-refractivity contribution in [2.45, 2.75) is 37.2 Å². The predicted molar refractivity (Wildman–Crippen MR) is 58.4 cm³/mol. The maximum absolute atomic E-state index is 11.8. The second-order valence-electron chi connectivity index (χ2n) is 3.13. The molecule has 0 aromatic carbocycles. The SMILES string of the molecule is CCC(=O)[C@@]1(CC)SCCCS1=O. The molecular formula is C9H16O2S2. The zero-order valence-corrected chi connectivity index (χ0v) is 9.80. The third kappa shape index (κ3) is 1.99. The minimum Gasteiger partial charge on any atom is -0.297 e. The van der Waals surface area contributed by atoms with E-state index in [4.69, 9.17) is 0 Å². The molecule has 1 heterocycles. The van der Waals surface area contributed by atoms with E-state index >= 15 is 0 Å². The molecule has 4 heteroatoms. The molecule has 0 N–H and O–H groups in total. The Morgan fingerprint density at radius 3 is 2.69 bits per heavy atom. The van der Waals surface area contributed by atoms with E-state index in [0.717, 1.165) is 12.2 Å². The summed E-state index contributed by atoms with van der Waals surface area (Å²) in [5.41, 5.74) is 0. The molecule has 2 atom stereocenters. The number of rotatable bonds is 3. The lowest BCUT2D eigenvalue weighted by Crippen LogP contribution is -2.43. The molecule has 1 aliphatic rings. The Bertz CT molecular complexity index is 218. The van der Waals surface area contributed by atoms with Crippen LogP contribution in [0.3, 0.4) is 0 Å². The molecule has 1 fully saturated rings. The van der Waals surface area contributed by atoms with Gasteiger partial charge >= 0.3 is 0 Å². The van der Waals surface area contributed by atoms with Gasteiger partial charge in [-0.15, -0.1) is 11.8 Å². The number of carbonyl (C=O) groups is 1. The minimum atomic E-state index is -0.953. The van der Waals surface area contributed by atoms with Gasteiger partial charge in [0.25, 0.3) is 0 Å². The second-order valence-corrected chi connectivity index (χ2v) is 6.58. The molecule has 1 unspecified atom stereocenters. The van der Waals surface area contributed by atoms with Gasteiger partial charge in [0, 0.05) is 23.0 Å². The molecule has 0 saturated carbocycles. The maximum Gasteiger partial charge on any atom is 0.161 e. The number of hydrogen-bond donors (Lipinski definition) is 0. The quantitative estimate of drug-likeness (QED) is 0.729. The highest BCUT2D eigenvalue weighted by Gasteiger charge is 2.43. The summed E-state index contributed by atoms with van der Waals surface area (Å²) >= 11 is 1.60. The highest BCUT2D eigenvalue weighted by Crippen LogP contribution is 2.38. The van der Waals surface area contributed by atoms with Crippen LogP contribution in [-0.2, 0) is 15.6 Å². The van der Waals surface area contributed by atoms with Gasteiger partial charge in [-0.1, -0.05) is 13.8 Å². The summed E-state index contributed by atoms with van der Waals surface area (Å²) in [6, 6.07) is 0.